The monoisotopic (exact) mass is 853 g/mol. The van der Waals surface area contributed by atoms with E-state index in [0.717, 1.165) is 89.9 Å². The largest absolute Gasteiger partial charge is 0.462 e. The summed E-state index contributed by atoms with van der Waals surface area (Å²) in [5.41, 5.74) is 0. The molecule has 0 fully saturated rings. The van der Waals surface area contributed by atoms with Gasteiger partial charge in [-0.15, -0.1) is 0 Å². The van der Waals surface area contributed by atoms with Crippen LogP contribution in [0.25, 0.3) is 0 Å². The Hall–Kier alpha value is -2.89. The molecule has 0 aromatic rings. The van der Waals surface area contributed by atoms with Crippen molar-refractivity contribution in [3.8, 4) is 0 Å². The fourth-order valence-electron chi connectivity index (χ4n) is 7.17. The number of unbranched alkanes of at least 4 members (excludes halogenated alkanes) is 25. The molecule has 0 aliphatic rings. The van der Waals surface area contributed by atoms with Crippen LogP contribution >= 0.6 is 0 Å². The summed E-state index contributed by atoms with van der Waals surface area (Å²) in [6.45, 7) is 6.46. The summed E-state index contributed by atoms with van der Waals surface area (Å²) in [5.74, 6) is -0.881. The van der Waals surface area contributed by atoms with E-state index in [1.807, 2.05) is 0 Å². The average molecular weight is 853 g/mol. The van der Waals surface area contributed by atoms with Crippen LogP contribution in [0.15, 0.2) is 60.8 Å². The molecular weight excluding hydrogens is 757 g/mol. The molecule has 6 nitrogen and oxygen atoms in total. The van der Waals surface area contributed by atoms with E-state index in [4.69, 9.17) is 14.2 Å². The summed E-state index contributed by atoms with van der Waals surface area (Å²) in [5, 5.41) is 0. The molecule has 0 radical (unpaired) electrons. The summed E-state index contributed by atoms with van der Waals surface area (Å²) in [7, 11) is 0. The van der Waals surface area contributed by atoms with Crippen molar-refractivity contribution >= 4 is 17.9 Å². The minimum absolute atomic E-state index is 0.0722. The molecule has 0 aromatic carbocycles. The zero-order valence-corrected chi connectivity index (χ0v) is 40.2. The Morgan fingerprint density at radius 1 is 0.344 bits per heavy atom. The maximum atomic E-state index is 12.7. The van der Waals surface area contributed by atoms with Crippen molar-refractivity contribution in [1.82, 2.24) is 0 Å². The first-order valence-corrected chi connectivity index (χ1v) is 25.8. The van der Waals surface area contributed by atoms with Gasteiger partial charge < -0.3 is 14.2 Å². The summed E-state index contributed by atoms with van der Waals surface area (Å²) >= 11 is 0. The number of carbonyl (C=O) groups excluding carboxylic acids is 3. The molecule has 0 heterocycles. The first-order chi connectivity index (χ1) is 30.0. The first kappa shape index (κ1) is 58.1. The van der Waals surface area contributed by atoms with Gasteiger partial charge in [0.2, 0.25) is 0 Å². The van der Waals surface area contributed by atoms with Crippen LogP contribution in [-0.4, -0.2) is 37.2 Å². The summed E-state index contributed by atoms with van der Waals surface area (Å²) in [6, 6.07) is 0. The fraction of sp³-hybridized carbons (Fsp3) is 0.764. The van der Waals surface area contributed by atoms with Gasteiger partial charge in [-0.3, -0.25) is 14.4 Å². The van der Waals surface area contributed by atoms with Gasteiger partial charge in [0, 0.05) is 19.3 Å². The number of ether oxygens (including phenoxy) is 3. The molecule has 6 heteroatoms. The summed E-state index contributed by atoms with van der Waals surface area (Å²) < 4.78 is 16.7. The highest BCUT2D eigenvalue weighted by molar-refractivity contribution is 5.71. The molecule has 0 aromatic heterocycles. The van der Waals surface area contributed by atoms with Crippen LogP contribution in [0.4, 0.5) is 0 Å². The quantitative estimate of drug-likeness (QED) is 0.0263. The third kappa shape index (κ3) is 48.0. The molecule has 1 atom stereocenters. The second kappa shape index (κ2) is 49.8. The molecular formula is C55H96O6. The van der Waals surface area contributed by atoms with Gasteiger partial charge in [0.15, 0.2) is 6.10 Å². The van der Waals surface area contributed by atoms with Crippen LogP contribution < -0.4 is 0 Å². The van der Waals surface area contributed by atoms with Crippen molar-refractivity contribution < 1.29 is 28.6 Å². The highest BCUT2D eigenvalue weighted by Crippen LogP contribution is 2.15. The normalized spacial score (nSPS) is 12.5. The van der Waals surface area contributed by atoms with E-state index < -0.39 is 6.10 Å². The van der Waals surface area contributed by atoms with Crippen molar-refractivity contribution in [2.45, 2.75) is 258 Å². The van der Waals surface area contributed by atoms with Crippen LogP contribution in [0.2, 0.25) is 0 Å². The van der Waals surface area contributed by atoms with Gasteiger partial charge in [0.05, 0.1) is 0 Å². The lowest BCUT2D eigenvalue weighted by Gasteiger charge is -2.18. The molecule has 352 valence electrons. The van der Waals surface area contributed by atoms with Gasteiger partial charge in [-0.1, -0.05) is 229 Å². The topological polar surface area (TPSA) is 78.9 Å². The lowest BCUT2D eigenvalue weighted by molar-refractivity contribution is -0.167. The lowest BCUT2D eigenvalue weighted by Crippen LogP contribution is -2.30. The Bertz CT molecular complexity index is 1120. The highest BCUT2D eigenvalue weighted by atomic mass is 16.6. The molecule has 61 heavy (non-hydrogen) atoms. The molecule has 0 N–H and O–H groups in total. The fourth-order valence-corrected chi connectivity index (χ4v) is 7.17. The predicted octanol–water partition coefficient (Wildman–Crippen LogP) is 16.9. The van der Waals surface area contributed by atoms with E-state index >= 15 is 0 Å². The molecule has 0 spiro atoms. The SMILES string of the molecule is CC/C=C\C/C=C\C/C=C\C/C=C\C/C=C\CCCCCCCCCCCCCC(=O)OCC(COC(=O)CCCCCCCCC)OC(=O)CCCCCCCCCCC. The molecule has 1 unspecified atom stereocenters. The maximum absolute atomic E-state index is 12.7. The van der Waals surface area contributed by atoms with Crippen molar-refractivity contribution in [1.29, 1.82) is 0 Å². The zero-order chi connectivity index (χ0) is 44.4. The smallest absolute Gasteiger partial charge is 0.306 e. The van der Waals surface area contributed by atoms with Crippen molar-refractivity contribution in [2.24, 2.45) is 0 Å². The Labute approximate surface area is 377 Å². The predicted molar refractivity (Wildman–Crippen MR) is 261 cm³/mol. The second-order valence-electron chi connectivity index (χ2n) is 17.1. The third-order valence-electron chi connectivity index (χ3n) is 11.0. The molecule has 0 saturated carbocycles. The Morgan fingerprint density at radius 2 is 0.639 bits per heavy atom. The maximum Gasteiger partial charge on any atom is 0.306 e. The van der Waals surface area contributed by atoms with Gasteiger partial charge in [-0.05, 0) is 64.2 Å². The average Bonchev–Trinajstić information content (AvgIpc) is 3.26. The Morgan fingerprint density at radius 3 is 1.00 bits per heavy atom. The molecule has 0 amide bonds. The van der Waals surface area contributed by atoms with Gasteiger partial charge in [-0.2, -0.15) is 0 Å². The van der Waals surface area contributed by atoms with E-state index in [2.05, 4.69) is 81.5 Å². The minimum atomic E-state index is -0.767. The van der Waals surface area contributed by atoms with E-state index in [1.54, 1.807) is 0 Å². The van der Waals surface area contributed by atoms with Gasteiger partial charge in [-0.25, -0.2) is 0 Å². The number of hydrogen-bond acceptors (Lipinski definition) is 6. The van der Waals surface area contributed by atoms with Gasteiger partial charge in [0.1, 0.15) is 13.2 Å². The molecule has 0 aliphatic heterocycles. The van der Waals surface area contributed by atoms with Crippen molar-refractivity contribution in [2.75, 3.05) is 13.2 Å². The van der Waals surface area contributed by atoms with Crippen LogP contribution in [0.3, 0.4) is 0 Å². The molecule has 0 rings (SSSR count). The molecule has 0 bridgehead atoms. The van der Waals surface area contributed by atoms with E-state index in [9.17, 15) is 14.4 Å². The molecule has 0 aliphatic carbocycles. The minimum Gasteiger partial charge on any atom is -0.462 e. The standard InChI is InChI=1S/C55H96O6/c1-4-7-10-13-16-18-19-20-21-22-23-24-25-26-27-28-29-30-31-32-33-34-35-37-39-42-45-48-54(57)60-51-52(50-59-53(56)47-44-41-38-15-12-9-6-3)61-55(58)49-46-43-40-36-17-14-11-8-5-2/h7,10,16,18,20-21,23-24,26-27,52H,4-6,8-9,11-15,17,19,22,25,28-51H2,1-3H3/b10-7-,18-16-,21-20-,24-23-,27-26-. The van der Waals surface area contributed by atoms with E-state index in [0.29, 0.717) is 19.3 Å². The van der Waals surface area contributed by atoms with Crippen molar-refractivity contribution in [3.05, 3.63) is 60.8 Å². The zero-order valence-electron chi connectivity index (χ0n) is 40.2. The second-order valence-corrected chi connectivity index (χ2v) is 17.1. The Balaban J connectivity index is 4.06. The molecule has 0 saturated heterocycles. The van der Waals surface area contributed by atoms with Crippen LogP contribution in [0.5, 0.6) is 0 Å². The number of esters is 3. The number of allylic oxidation sites excluding steroid dienone is 10. The first-order valence-electron chi connectivity index (χ1n) is 25.8. The van der Waals surface area contributed by atoms with Crippen LogP contribution in [0.1, 0.15) is 252 Å². The van der Waals surface area contributed by atoms with E-state index in [1.165, 1.54) is 122 Å². The van der Waals surface area contributed by atoms with Gasteiger partial charge >= 0.3 is 17.9 Å². The third-order valence-corrected chi connectivity index (χ3v) is 11.0. The number of rotatable bonds is 46. The Kier molecular flexibility index (Phi) is 47.4. The number of carbonyl (C=O) groups is 3. The van der Waals surface area contributed by atoms with E-state index in [-0.39, 0.29) is 31.1 Å². The van der Waals surface area contributed by atoms with Gasteiger partial charge in [0.25, 0.3) is 0 Å². The summed E-state index contributed by atoms with van der Waals surface area (Å²) in [6.07, 6.45) is 60.9. The van der Waals surface area contributed by atoms with Crippen LogP contribution in [0, 0.1) is 0 Å². The van der Waals surface area contributed by atoms with Crippen LogP contribution in [-0.2, 0) is 28.6 Å². The lowest BCUT2D eigenvalue weighted by atomic mass is 10.0. The van der Waals surface area contributed by atoms with Crippen molar-refractivity contribution in [3.63, 3.8) is 0 Å². The number of hydrogen-bond donors (Lipinski definition) is 0. The highest BCUT2D eigenvalue weighted by Gasteiger charge is 2.19. The summed E-state index contributed by atoms with van der Waals surface area (Å²) in [4.78, 5) is 37.6.